The largest absolute Gasteiger partial charge is 0.393 e. The first-order valence-electron chi connectivity index (χ1n) is 5.26. The van der Waals surface area contributed by atoms with Crippen LogP contribution in [-0.4, -0.2) is 29.3 Å². The van der Waals surface area contributed by atoms with Gasteiger partial charge in [-0.3, -0.25) is 0 Å². The monoisotopic (exact) mass is 206 g/mol. The molecular formula is C10H16F2O2. The van der Waals surface area contributed by atoms with Crippen molar-refractivity contribution >= 4 is 0 Å². The number of halogens is 2. The molecule has 2 nitrogen and oxygen atoms in total. The Morgan fingerprint density at radius 1 is 1.50 bits per heavy atom. The van der Waals surface area contributed by atoms with Gasteiger partial charge in [0.2, 0.25) is 0 Å². The molecule has 3 unspecified atom stereocenters. The predicted octanol–water partition coefficient (Wildman–Crippen LogP) is 1.96. The van der Waals surface area contributed by atoms with Crippen LogP contribution in [0, 0.1) is 5.92 Å². The van der Waals surface area contributed by atoms with Crippen LogP contribution in [0.5, 0.6) is 0 Å². The van der Waals surface area contributed by atoms with E-state index in [9.17, 15) is 8.78 Å². The molecule has 1 aliphatic carbocycles. The number of aliphatic hydroxyl groups excluding tert-OH is 1. The Labute approximate surface area is 82.3 Å². The zero-order valence-electron chi connectivity index (χ0n) is 8.25. The molecule has 14 heavy (non-hydrogen) atoms. The summed E-state index contributed by atoms with van der Waals surface area (Å²) in [6.45, 7) is 1.87. The molecule has 1 heterocycles. The normalized spacial score (nSPS) is 45.4. The van der Waals surface area contributed by atoms with E-state index < -0.39 is 24.2 Å². The average Bonchev–Trinajstić information content (AvgIpc) is 2.72. The van der Waals surface area contributed by atoms with Crippen molar-refractivity contribution in [2.45, 2.75) is 56.8 Å². The molecule has 1 saturated heterocycles. The van der Waals surface area contributed by atoms with Crippen LogP contribution < -0.4 is 0 Å². The summed E-state index contributed by atoms with van der Waals surface area (Å²) in [4.78, 5) is 0. The van der Waals surface area contributed by atoms with Gasteiger partial charge < -0.3 is 9.84 Å². The van der Waals surface area contributed by atoms with Gasteiger partial charge in [0.1, 0.15) is 6.10 Å². The Kier molecular flexibility index (Phi) is 2.52. The zero-order chi connectivity index (χ0) is 10.3. The maximum absolute atomic E-state index is 13.4. The van der Waals surface area contributed by atoms with Gasteiger partial charge >= 0.3 is 0 Å². The molecule has 4 heteroatoms. The number of ether oxygens (including phenoxy) is 1. The van der Waals surface area contributed by atoms with Crippen molar-refractivity contribution in [2.24, 2.45) is 5.92 Å². The van der Waals surface area contributed by atoms with E-state index in [-0.39, 0.29) is 12.3 Å². The second-order valence-electron chi connectivity index (χ2n) is 4.38. The Balaban J connectivity index is 1.94. The second kappa shape index (κ2) is 3.42. The molecule has 82 valence electrons. The van der Waals surface area contributed by atoms with Crippen molar-refractivity contribution in [1.29, 1.82) is 0 Å². The Bertz CT molecular complexity index is 220. The van der Waals surface area contributed by atoms with Crippen LogP contribution >= 0.6 is 0 Å². The first kappa shape index (κ1) is 10.3. The highest BCUT2D eigenvalue weighted by Gasteiger charge is 2.56. The van der Waals surface area contributed by atoms with Crippen LogP contribution in [0.1, 0.15) is 32.6 Å². The summed E-state index contributed by atoms with van der Waals surface area (Å²) >= 11 is 0. The highest BCUT2D eigenvalue weighted by Crippen LogP contribution is 2.47. The Morgan fingerprint density at radius 2 is 2.14 bits per heavy atom. The molecule has 2 aliphatic rings. The molecule has 4 atom stereocenters. The summed E-state index contributed by atoms with van der Waals surface area (Å²) < 4.78 is 32.0. The molecule has 0 aromatic rings. The van der Waals surface area contributed by atoms with Crippen LogP contribution in [0.3, 0.4) is 0 Å². The lowest BCUT2D eigenvalue weighted by Crippen LogP contribution is -2.27. The summed E-state index contributed by atoms with van der Waals surface area (Å²) in [7, 11) is 0. The predicted molar refractivity (Wildman–Crippen MR) is 47.2 cm³/mol. The maximum Gasteiger partial charge on any atom is 0.276 e. The fourth-order valence-corrected chi connectivity index (χ4v) is 2.15. The van der Waals surface area contributed by atoms with Crippen LogP contribution in [0.15, 0.2) is 0 Å². The van der Waals surface area contributed by atoms with E-state index in [1.807, 2.05) is 6.92 Å². The third-order valence-corrected chi connectivity index (χ3v) is 3.12. The molecule has 1 N–H and O–H groups in total. The molecule has 0 amide bonds. The van der Waals surface area contributed by atoms with Crippen LogP contribution in [0.4, 0.5) is 8.78 Å². The molecular weight excluding hydrogens is 190 g/mol. The van der Waals surface area contributed by atoms with Gasteiger partial charge in [0.05, 0.1) is 12.2 Å². The van der Waals surface area contributed by atoms with E-state index in [1.54, 1.807) is 0 Å². The fraction of sp³-hybridized carbons (Fsp3) is 1.00. The Hall–Kier alpha value is -0.220. The van der Waals surface area contributed by atoms with Crippen molar-refractivity contribution < 1.29 is 18.6 Å². The smallest absolute Gasteiger partial charge is 0.276 e. The van der Waals surface area contributed by atoms with Crippen LogP contribution in [0.25, 0.3) is 0 Å². The first-order valence-corrected chi connectivity index (χ1v) is 5.26. The lowest BCUT2D eigenvalue weighted by Gasteiger charge is -2.16. The summed E-state index contributed by atoms with van der Waals surface area (Å²) in [5.74, 6) is -2.73. The molecule has 0 bridgehead atoms. The molecule has 0 aromatic heterocycles. The minimum absolute atomic E-state index is 0.0391. The van der Waals surface area contributed by atoms with Crippen molar-refractivity contribution in [1.82, 2.24) is 0 Å². The van der Waals surface area contributed by atoms with Gasteiger partial charge in [-0.05, 0) is 12.8 Å². The number of hydrogen-bond acceptors (Lipinski definition) is 2. The van der Waals surface area contributed by atoms with Gasteiger partial charge in [0.15, 0.2) is 0 Å². The third-order valence-electron chi connectivity index (χ3n) is 3.12. The standard InChI is InChI=1S/C10H16F2O2/c1-2-3-9-10(11,12)5-8(14-9)6-4-7(6)13/h6-9,13H,2-5H2,1H3/t6?,7?,8?,9-/m0/s1. The van der Waals surface area contributed by atoms with Crippen molar-refractivity contribution in [3.8, 4) is 0 Å². The third kappa shape index (κ3) is 1.77. The quantitative estimate of drug-likeness (QED) is 0.764. The fourth-order valence-electron chi connectivity index (χ4n) is 2.15. The summed E-state index contributed by atoms with van der Waals surface area (Å²) in [5.41, 5.74) is 0. The Morgan fingerprint density at radius 3 is 2.64 bits per heavy atom. The van der Waals surface area contributed by atoms with Crippen molar-refractivity contribution in [3.05, 3.63) is 0 Å². The van der Waals surface area contributed by atoms with Gasteiger partial charge in [-0.2, -0.15) is 0 Å². The number of rotatable bonds is 3. The second-order valence-corrected chi connectivity index (χ2v) is 4.38. The lowest BCUT2D eigenvalue weighted by atomic mass is 10.0. The van der Waals surface area contributed by atoms with E-state index in [2.05, 4.69) is 0 Å². The molecule has 0 radical (unpaired) electrons. The van der Waals surface area contributed by atoms with Gasteiger partial charge in [0.25, 0.3) is 5.92 Å². The zero-order valence-corrected chi connectivity index (χ0v) is 8.25. The van der Waals surface area contributed by atoms with Gasteiger partial charge in [-0.25, -0.2) is 8.78 Å². The highest BCUT2D eigenvalue weighted by molar-refractivity contribution is 5.00. The van der Waals surface area contributed by atoms with Crippen molar-refractivity contribution in [2.75, 3.05) is 0 Å². The van der Waals surface area contributed by atoms with Crippen LogP contribution in [0.2, 0.25) is 0 Å². The van der Waals surface area contributed by atoms with Crippen LogP contribution in [-0.2, 0) is 4.74 Å². The number of hydrogen-bond donors (Lipinski definition) is 1. The van der Waals surface area contributed by atoms with E-state index in [4.69, 9.17) is 9.84 Å². The average molecular weight is 206 g/mol. The first-order chi connectivity index (χ1) is 6.54. The topological polar surface area (TPSA) is 29.5 Å². The number of aliphatic hydroxyl groups is 1. The van der Waals surface area contributed by atoms with E-state index in [1.165, 1.54) is 0 Å². The van der Waals surface area contributed by atoms with Gasteiger partial charge in [-0.1, -0.05) is 13.3 Å². The van der Waals surface area contributed by atoms with E-state index >= 15 is 0 Å². The summed E-state index contributed by atoms with van der Waals surface area (Å²) in [6.07, 6.45) is -0.219. The number of alkyl halides is 2. The lowest BCUT2D eigenvalue weighted by molar-refractivity contribution is -0.0799. The minimum Gasteiger partial charge on any atom is -0.393 e. The molecule has 2 fully saturated rings. The maximum atomic E-state index is 13.4. The molecule has 2 rings (SSSR count). The summed E-state index contributed by atoms with van der Waals surface area (Å²) in [6, 6.07) is 0. The molecule has 0 spiro atoms. The van der Waals surface area contributed by atoms with E-state index in [0.717, 1.165) is 0 Å². The molecule has 1 saturated carbocycles. The SMILES string of the molecule is CCC[C@@H]1OC(C2CC2O)CC1(F)F. The molecule has 0 aromatic carbocycles. The van der Waals surface area contributed by atoms with E-state index in [0.29, 0.717) is 19.3 Å². The van der Waals surface area contributed by atoms with Gasteiger partial charge in [-0.15, -0.1) is 0 Å². The van der Waals surface area contributed by atoms with Crippen molar-refractivity contribution in [3.63, 3.8) is 0 Å². The minimum atomic E-state index is -2.69. The highest BCUT2D eigenvalue weighted by atomic mass is 19.3. The molecule has 1 aliphatic heterocycles. The van der Waals surface area contributed by atoms with Gasteiger partial charge in [0, 0.05) is 12.3 Å². The summed E-state index contributed by atoms with van der Waals surface area (Å²) in [5, 5.41) is 9.15.